The van der Waals surface area contributed by atoms with E-state index in [-0.39, 0.29) is 6.42 Å². The number of carbonyl (C=O) groups excluding carboxylic acids is 2. The van der Waals surface area contributed by atoms with Crippen LogP contribution in [0, 0.1) is 6.42 Å². The van der Waals surface area contributed by atoms with E-state index in [9.17, 15) is 9.59 Å². The van der Waals surface area contributed by atoms with E-state index in [4.69, 9.17) is 5.84 Å². The summed E-state index contributed by atoms with van der Waals surface area (Å²) in [4.78, 5) is 20.7. The van der Waals surface area contributed by atoms with Gasteiger partial charge in [-0.05, 0) is 0 Å². The second-order valence-corrected chi connectivity index (χ2v) is 1.49. The first-order chi connectivity index (χ1) is 4.70. The van der Waals surface area contributed by atoms with Gasteiger partial charge in [0.2, 0.25) is 5.91 Å². The monoisotopic (exact) mass is 145 g/mol. The van der Waals surface area contributed by atoms with Gasteiger partial charge in [0.1, 0.15) is 0 Å². The summed E-state index contributed by atoms with van der Waals surface area (Å²) in [5.41, 5.74) is 1.84. The fourth-order valence-corrected chi connectivity index (χ4v) is 0.318. The molecule has 0 spiro atoms. The number of methoxy groups -OCH3 is 1. The highest BCUT2D eigenvalue weighted by Gasteiger charge is 2.04. The van der Waals surface area contributed by atoms with Gasteiger partial charge in [-0.1, -0.05) is 0 Å². The molecule has 0 fully saturated rings. The lowest BCUT2D eigenvalue weighted by Crippen LogP contribution is -2.30. The van der Waals surface area contributed by atoms with Crippen LogP contribution >= 0.6 is 0 Å². The van der Waals surface area contributed by atoms with Gasteiger partial charge in [0.15, 0.2) is 0 Å². The molecule has 0 atom stereocenters. The molecule has 0 aliphatic carbocycles. The molecule has 0 aromatic heterocycles. The molecule has 0 rings (SSSR count). The van der Waals surface area contributed by atoms with Crippen LogP contribution in [-0.4, -0.2) is 19.0 Å². The molecule has 0 unspecified atom stereocenters. The summed E-state index contributed by atoms with van der Waals surface area (Å²) in [5.74, 6) is 3.75. The Hall–Kier alpha value is -1.10. The number of rotatable bonds is 3. The van der Waals surface area contributed by atoms with E-state index in [1.54, 1.807) is 0 Å². The molecule has 1 amide bonds. The van der Waals surface area contributed by atoms with Crippen molar-refractivity contribution in [1.82, 2.24) is 5.43 Å². The zero-order valence-electron chi connectivity index (χ0n) is 5.59. The molecular weight excluding hydrogens is 136 g/mol. The predicted octanol–water partition coefficient (Wildman–Crippen LogP) is -1.26. The van der Waals surface area contributed by atoms with Gasteiger partial charge < -0.3 is 4.74 Å². The number of esters is 1. The third-order valence-electron chi connectivity index (χ3n) is 0.824. The smallest absolute Gasteiger partial charge is 0.306 e. The molecule has 0 heterocycles. The summed E-state index contributed by atoms with van der Waals surface area (Å²) < 4.78 is 4.25. The molecule has 0 aromatic rings. The maximum Gasteiger partial charge on any atom is 0.306 e. The van der Waals surface area contributed by atoms with Crippen molar-refractivity contribution in [3.8, 4) is 0 Å². The molecule has 0 aliphatic rings. The Morgan fingerprint density at radius 2 is 2.30 bits per heavy atom. The van der Waals surface area contributed by atoms with Crippen LogP contribution in [0.25, 0.3) is 0 Å². The Balaban J connectivity index is 3.35. The minimum atomic E-state index is -0.495. The Bertz CT molecular complexity index is 119. The van der Waals surface area contributed by atoms with Crippen LogP contribution in [0.3, 0.4) is 0 Å². The van der Waals surface area contributed by atoms with Gasteiger partial charge in [-0.3, -0.25) is 15.0 Å². The third kappa shape index (κ3) is 3.85. The van der Waals surface area contributed by atoms with Crippen molar-refractivity contribution in [3.05, 3.63) is 6.42 Å². The molecule has 5 nitrogen and oxygen atoms in total. The summed E-state index contributed by atoms with van der Waals surface area (Å²) in [6.07, 6.45) is 1.05. The normalized spacial score (nSPS) is 8.60. The van der Waals surface area contributed by atoms with E-state index in [2.05, 4.69) is 4.74 Å². The maximum absolute atomic E-state index is 10.4. The van der Waals surface area contributed by atoms with Crippen LogP contribution in [-0.2, 0) is 14.3 Å². The van der Waals surface area contributed by atoms with Crippen molar-refractivity contribution >= 4 is 11.9 Å². The van der Waals surface area contributed by atoms with Crippen LogP contribution in [0.1, 0.15) is 6.42 Å². The molecular formula is C5H9N2O3. The van der Waals surface area contributed by atoms with Gasteiger partial charge in [-0.2, -0.15) is 0 Å². The van der Waals surface area contributed by atoms with Crippen LogP contribution < -0.4 is 11.3 Å². The van der Waals surface area contributed by atoms with Crippen LogP contribution in [0.5, 0.6) is 0 Å². The molecule has 0 aliphatic heterocycles. The largest absolute Gasteiger partial charge is 0.469 e. The van der Waals surface area contributed by atoms with E-state index < -0.39 is 11.9 Å². The molecule has 0 aromatic carbocycles. The number of ether oxygens (including phenoxy) is 1. The van der Waals surface area contributed by atoms with Gasteiger partial charge >= 0.3 is 5.97 Å². The number of amides is 1. The topological polar surface area (TPSA) is 81.4 Å². The van der Waals surface area contributed by atoms with Crippen molar-refractivity contribution in [2.75, 3.05) is 7.11 Å². The zero-order chi connectivity index (χ0) is 7.98. The summed E-state index contributed by atoms with van der Waals surface area (Å²) >= 11 is 0. The van der Waals surface area contributed by atoms with E-state index in [0.29, 0.717) is 0 Å². The number of nitrogens with one attached hydrogen (secondary N) is 1. The lowest BCUT2D eigenvalue weighted by molar-refractivity contribution is -0.140. The summed E-state index contributed by atoms with van der Waals surface area (Å²) in [6.45, 7) is 0. The number of hydrazine groups is 1. The number of hydrogen-bond acceptors (Lipinski definition) is 4. The standard InChI is InChI=1S/C5H9N2O3/c1-10-5(9)3-2-4(8)7-6/h2H,3,6H2,1H3,(H,7,8). The molecule has 1 radical (unpaired) electrons. The van der Waals surface area contributed by atoms with Crippen molar-refractivity contribution in [3.63, 3.8) is 0 Å². The summed E-state index contributed by atoms with van der Waals surface area (Å²) in [7, 11) is 1.25. The fraction of sp³-hybridized carbons (Fsp3) is 0.400. The lowest BCUT2D eigenvalue weighted by Gasteiger charge is -1.96. The molecule has 3 N–H and O–H groups in total. The Labute approximate surface area is 58.5 Å². The molecule has 10 heavy (non-hydrogen) atoms. The number of nitrogens with two attached hydrogens (primary N) is 1. The highest BCUT2D eigenvalue weighted by Crippen LogP contribution is 1.88. The quantitative estimate of drug-likeness (QED) is 0.225. The number of carbonyl (C=O) groups is 2. The van der Waals surface area contributed by atoms with Crippen LogP contribution in [0.15, 0.2) is 0 Å². The van der Waals surface area contributed by atoms with Crippen molar-refractivity contribution in [2.24, 2.45) is 5.84 Å². The first-order valence-electron chi connectivity index (χ1n) is 2.61. The third-order valence-corrected chi connectivity index (χ3v) is 0.824. The predicted molar refractivity (Wildman–Crippen MR) is 33.3 cm³/mol. The van der Waals surface area contributed by atoms with Gasteiger partial charge in [0.25, 0.3) is 0 Å². The van der Waals surface area contributed by atoms with E-state index >= 15 is 0 Å². The second-order valence-electron chi connectivity index (χ2n) is 1.49. The SMILES string of the molecule is COC(=O)C[CH]C(=O)NN. The first kappa shape index (κ1) is 8.90. The Morgan fingerprint density at radius 1 is 1.70 bits per heavy atom. The van der Waals surface area contributed by atoms with E-state index in [1.807, 2.05) is 5.43 Å². The van der Waals surface area contributed by atoms with Gasteiger partial charge in [-0.15, -0.1) is 0 Å². The minimum Gasteiger partial charge on any atom is -0.469 e. The zero-order valence-corrected chi connectivity index (χ0v) is 5.59. The van der Waals surface area contributed by atoms with Crippen molar-refractivity contribution in [2.45, 2.75) is 6.42 Å². The van der Waals surface area contributed by atoms with E-state index in [0.717, 1.165) is 6.42 Å². The van der Waals surface area contributed by atoms with Gasteiger partial charge in [-0.25, -0.2) is 5.84 Å². The molecule has 0 saturated carbocycles. The lowest BCUT2D eigenvalue weighted by atomic mass is 10.3. The van der Waals surface area contributed by atoms with Crippen molar-refractivity contribution < 1.29 is 14.3 Å². The minimum absolute atomic E-state index is 0.0560. The van der Waals surface area contributed by atoms with Gasteiger partial charge in [0, 0.05) is 0 Å². The summed E-state index contributed by atoms with van der Waals surface area (Å²) in [5, 5.41) is 0. The molecule has 5 heteroatoms. The Kier molecular flexibility index (Phi) is 4.23. The Morgan fingerprint density at radius 3 is 2.70 bits per heavy atom. The van der Waals surface area contributed by atoms with Crippen LogP contribution in [0.4, 0.5) is 0 Å². The second kappa shape index (κ2) is 4.75. The van der Waals surface area contributed by atoms with E-state index in [1.165, 1.54) is 7.11 Å². The van der Waals surface area contributed by atoms with Gasteiger partial charge in [0.05, 0.1) is 20.0 Å². The molecule has 0 bridgehead atoms. The van der Waals surface area contributed by atoms with Crippen molar-refractivity contribution in [1.29, 1.82) is 0 Å². The molecule has 57 valence electrons. The average Bonchev–Trinajstić information content (AvgIpc) is 1.99. The average molecular weight is 145 g/mol. The van der Waals surface area contributed by atoms with Crippen LogP contribution in [0.2, 0.25) is 0 Å². The maximum atomic E-state index is 10.4. The number of hydrogen-bond donors (Lipinski definition) is 2. The summed E-state index contributed by atoms with van der Waals surface area (Å²) in [6, 6.07) is 0. The first-order valence-corrected chi connectivity index (χ1v) is 2.61. The molecule has 0 saturated heterocycles. The fourth-order valence-electron chi connectivity index (χ4n) is 0.318. The highest BCUT2D eigenvalue weighted by atomic mass is 16.5. The highest BCUT2D eigenvalue weighted by molar-refractivity contribution is 5.88.